The van der Waals surface area contributed by atoms with Crippen molar-refractivity contribution in [3.05, 3.63) is 60.2 Å². The lowest BCUT2D eigenvalue weighted by atomic mass is 10.0. The van der Waals surface area contributed by atoms with Crippen molar-refractivity contribution in [2.24, 2.45) is 0 Å². The van der Waals surface area contributed by atoms with Crippen LogP contribution in [0, 0.1) is 0 Å². The first-order valence-corrected chi connectivity index (χ1v) is 11.8. The van der Waals surface area contributed by atoms with E-state index in [0.717, 1.165) is 61.7 Å². The highest BCUT2D eigenvalue weighted by Gasteiger charge is 2.24. The number of benzene rings is 2. The molecule has 3 heterocycles. The Morgan fingerprint density at radius 3 is 2.45 bits per heavy atom. The number of aromatic nitrogens is 2. The Kier molecular flexibility index (Phi) is 6.03. The van der Waals surface area contributed by atoms with Crippen LogP contribution >= 0.6 is 0 Å². The van der Waals surface area contributed by atoms with Crippen molar-refractivity contribution in [3.8, 4) is 0 Å². The second-order valence-corrected chi connectivity index (χ2v) is 9.11. The second-order valence-electron chi connectivity index (χ2n) is 9.11. The molecule has 5 heteroatoms. The van der Waals surface area contributed by atoms with Gasteiger partial charge in [-0.3, -0.25) is 4.90 Å². The van der Waals surface area contributed by atoms with E-state index in [1.807, 2.05) is 0 Å². The minimum absolute atomic E-state index is 0.456. The van der Waals surface area contributed by atoms with E-state index in [1.165, 1.54) is 24.8 Å². The molecule has 0 saturated carbocycles. The van der Waals surface area contributed by atoms with E-state index < -0.39 is 0 Å². The van der Waals surface area contributed by atoms with E-state index in [1.54, 1.807) is 0 Å². The number of anilines is 2. The van der Waals surface area contributed by atoms with Crippen molar-refractivity contribution in [1.82, 2.24) is 14.9 Å². The molecule has 0 amide bonds. The van der Waals surface area contributed by atoms with Gasteiger partial charge in [-0.25, -0.2) is 4.98 Å². The average molecular weight is 416 g/mol. The minimum Gasteiger partial charge on any atom is -0.367 e. The molecule has 3 aromatic rings. The highest BCUT2D eigenvalue weighted by Crippen LogP contribution is 2.29. The standard InChI is InChI=1S/C26H33N5/c1-20-9-7-8-16-31(20)26-28-24-13-6-5-12-23(24)25(29-26)27-22-14-17-30(18-15-22)19-21-10-3-2-4-11-21/h2-6,10-13,20,22H,7-9,14-19H2,1H3,(H,27,28,29). The van der Waals surface area contributed by atoms with Crippen molar-refractivity contribution in [2.75, 3.05) is 29.9 Å². The zero-order valence-corrected chi connectivity index (χ0v) is 18.5. The number of fused-ring (bicyclic) bond motifs is 1. The predicted octanol–water partition coefficient (Wildman–Crippen LogP) is 5.09. The third-order valence-corrected chi connectivity index (χ3v) is 6.83. The summed E-state index contributed by atoms with van der Waals surface area (Å²) in [5.74, 6) is 1.88. The van der Waals surface area contributed by atoms with Gasteiger partial charge in [-0.05, 0) is 56.7 Å². The molecule has 2 saturated heterocycles. The zero-order valence-electron chi connectivity index (χ0n) is 18.5. The van der Waals surface area contributed by atoms with Gasteiger partial charge in [0.05, 0.1) is 5.52 Å². The lowest BCUT2D eigenvalue weighted by molar-refractivity contribution is 0.211. The van der Waals surface area contributed by atoms with Gasteiger partial charge in [-0.2, -0.15) is 4.98 Å². The van der Waals surface area contributed by atoms with Gasteiger partial charge in [0, 0.05) is 43.6 Å². The van der Waals surface area contributed by atoms with Crippen LogP contribution in [0.25, 0.3) is 10.9 Å². The number of nitrogens with one attached hydrogen (secondary N) is 1. The summed E-state index contributed by atoms with van der Waals surface area (Å²) < 4.78 is 0. The molecular weight excluding hydrogens is 382 g/mol. The maximum absolute atomic E-state index is 5.05. The summed E-state index contributed by atoms with van der Waals surface area (Å²) in [6.45, 7) is 6.63. The highest BCUT2D eigenvalue weighted by atomic mass is 15.3. The number of nitrogens with zero attached hydrogens (tertiary/aromatic N) is 4. The normalized spacial score (nSPS) is 20.8. The third kappa shape index (κ3) is 4.67. The van der Waals surface area contributed by atoms with Crippen molar-refractivity contribution in [2.45, 2.75) is 57.7 Å². The zero-order chi connectivity index (χ0) is 21.0. The van der Waals surface area contributed by atoms with E-state index in [-0.39, 0.29) is 0 Å². The number of hydrogen-bond donors (Lipinski definition) is 1. The lowest BCUT2D eigenvalue weighted by Gasteiger charge is -2.35. The van der Waals surface area contributed by atoms with Gasteiger partial charge in [-0.1, -0.05) is 42.5 Å². The third-order valence-electron chi connectivity index (χ3n) is 6.83. The molecule has 0 bridgehead atoms. The molecule has 5 rings (SSSR count). The minimum atomic E-state index is 0.456. The van der Waals surface area contributed by atoms with Crippen LogP contribution in [0.15, 0.2) is 54.6 Å². The first-order valence-electron chi connectivity index (χ1n) is 11.8. The molecule has 1 N–H and O–H groups in total. The topological polar surface area (TPSA) is 44.3 Å². The smallest absolute Gasteiger partial charge is 0.228 e. The molecule has 2 aromatic carbocycles. The van der Waals surface area contributed by atoms with Crippen molar-refractivity contribution in [1.29, 1.82) is 0 Å². The van der Waals surface area contributed by atoms with E-state index in [4.69, 9.17) is 9.97 Å². The molecule has 2 aliphatic heterocycles. The van der Waals surface area contributed by atoms with Gasteiger partial charge in [0.2, 0.25) is 5.95 Å². The number of hydrogen-bond acceptors (Lipinski definition) is 5. The fourth-order valence-corrected chi connectivity index (χ4v) is 4.97. The summed E-state index contributed by atoms with van der Waals surface area (Å²) in [6.07, 6.45) is 6.03. The maximum Gasteiger partial charge on any atom is 0.228 e. The van der Waals surface area contributed by atoms with E-state index in [0.29, 0.717) is 12.1 Å². The molecule has 2 fully saturated rings. The number of rotatable bonds is 5. The first kappa shape index (κ1) is 20.3. The monoisotopic (exact) mass is 415 g/mol. The quantitative estimate of drug-likeness (QED) is 0.629. The van der Waals surface area contributed by atoms with Crippen LogP contribution in [0.1, 0.15) is 44.6 Å². The van der Waals surface area contributed by atoms with Crippen LogP contribution in [-0.4, -0.2) is 46.6 Å². The Labute approximate surface area is 185 Å². The molecule has 1 unspecified atom stereocenters. The summed E-state index contributed by atoms with van der Waals surface area (Å²) in [4.78, 5) is 14.9. The maximum atomic E-state index is 5.05. The first-order chi connectivity index (χ1) is 15.3. The van der Waals surface area contributed by atoms with Gasteiger partial charge in [0.15, 0.2) is 0 Å². The fourth-order valence-electron chi connectivity index (χ4n) is 4.97. The lowest BCUT2D eigenvalue weighted by Crippen LogP contribution is -2.40. The van der Waals surface area contributed by atoms with E-state index in [2.05, 4.69) is 76.6 Å². The summed E-state index contributed by atoms with van der Waals surface area (Å²) in [6, 6.07) is 20.2. The van der Waals surface area contributed by atoms with Crippen molar-refractivity contribution >= 4 is 22.7 Å². The van der Waals surface area contributed by atoms with E-state index in [9.17, 15) is 0 Å². The van der Waals surface area contributed by atoms with Gasteiger partial charge < -0.3 is 10.2 Å². The molecule has 2 aliphatic rings. The fraction of sp³-hybridized carbons (Fsp3) is 0.462. The van der Waals surface area contributed by atoms with Gasteiger partial charge >= 0.3 is 0 Å². The molecule has 1 atom stereocenters. The number of piperidine rings is 2. The van der Waals surface area contributed by atoms with Crippen molar-refractivity contribution in [3.63, 3.8) is 0 Å². The van der Waals surface area contributed by atoms with E-state index >= 15 is 0 Å². The summed E-state index contributed by atoms with van der Waals surface area (Å²) in [5, 5.41) is 4.93. The Morgan fingerprint density at radius 2 is 1.65 bits per heavy atom. The Hall–Kier alpha value is -2.66. The Morgan fingerprint density at radius 1 is 0.871 bits per heavy atom. The summed E-state index contributed by atoms with van der Waals surface area (Å²) in [5.41, 5.74) is 2.44. The average Bonchev–Trinajstić information content (AvgIpc) is 2.81. The van der Waals surface area contributed by atoms with Crippen LogP contribution in [0.4, 0.5) is 11.8 Å². The van der Waals surface area contributed by atoms with Crippen LogP contribution in [0.5, 0.6) is 0 Å². The SMILES string of the molecule is CC1CCCCN1c1nc(NC2CCN(Cc3ccccc3)CC2)c2ccccc2n1. The molecule has 0 radical (unpaired) electrons. The summed E-state index contributed by atoms with van der Waals surface area (Å²) in [7, 11) is 0. The van der Waals surface area contributed by atoms with Gasteiger partial charge in [0.1, 0.15) is 5.82 Å². The number of para-hydroxylation sites is 1. The summed E-state index contributed by atoms with van der Waals surface area (Å²) >= 11 is 0. The molecular formula is C26H33N5. The van der Waals surface area contributed by atoms with Gasteiger partial charge in [0.25, 0.3) is 0 Å². The molecule has 0 spiro atoms. The second kappa shape index (κ2) is 9.23. The highest BCUT2D eigenvalue weighted by molar-refractivity contribution is 5.90. The molecule has 0 aliphatic carbocycles. The number of likely N-dealkylation sites (tertiary alicyclic amines) is 1. The predicted molar refractivity (Wildman–Crippen MR) is 129 cm³/mol. The molecule has 162 valence electrons. The van der Waals surface area contributed by atoms with Crippen LogP contribution in [-0.2, 0) is 6.54 Å². The molecule has 5 nitrogen and oxygen atoms in total. The Bertz CT molecular complexity index is 997. The van der Waals surface area contributed by atoms with Crippen LogP contribution < -0.4 is 10.2 Å². The van der Waals surface area contributed by atoms with Gasteiger partial charge in [-0.15, -0.1) is 0 Å². The molecule has 1 aromatic heterocycles. The van der Waals surface area contributed by atoms with Crippen LogP contribution in [0.2, 0.25) is 0 Å². The Balaban J connectivity index is 1.31. The largest absolute Gasteiger partial charge is 0.367 e. The van der Waals surface area contributed by atoms with Crippen LogP contribution in [0.3, 0.4) is 0 Å². The molecule has 31 heavy (non-hydrogen) atoms. The van der Waals surface area contributed by atoms with Crippen molar-refractivity contribution < 1.29 is 0 Å².